The van der Waals surface area contributed by atoms with Crippen molar-refractivity contribution in [2.45, 2.75) is 13.0 Å². The summed E-state index contributed by atoms with van der Waals surface area (Å²) in [5, 5.41) is 3.48. The van der Waals surface area contributed by atoms with E-state index >= 15 is 0 Å². The minimum atomic E-state index is -0.233. The topological polar surface area (TPSA) is 67.4 Å². The molecular weight excluding hydrogens is 328 g/mol. The minimum Gasteiger partial charge on any atom is -0.378 e. The highest BCUT2D eigenvalue weighted by molar-refractivity contribution is 6.30. The van der Waals surface area contributed by atoms with Crippen LogP contribution in [0, 0.1) is 0 Å². The Balaban J connectivity index is 1.69. The second kappa shape index (κ2) is 7.59. The number of carbonyl (C=O) groups excluding carboxylic acids is 1. The zero-order chi connectivity index (χ0) is 16.9. The van der Waals surface area contributed by atoms with Gasteiger partial charge in [0.2, 0.25) is 0 Å². The maximum atomic E-state index is 12.5. The number of hydrogen-bond acceptors (Lipinski definition) is 5. The van der Waals surface area contributed by atoms with Gasteiger partial charge in [-0.1, -0.05) is 11.6 Å². The Bertz CT molecular complexity index is 702. The summed E-state index contributed by atoms with van der Waals surface area (Å²) in [5.74, 6) is -0.227. The molecule has 0 unspecified atom stereocenters. The van der Waals surface area contributed by atoms with Crippen molar-refractivity contribution >= 4 is 23.2 Å². The number of anilines is 1. The van der Waals surface area contributed by atoms with Gasteiger partial charge >= 0.3 is 0 Å². The van der Waals surface area contributed by atoms with Gasteiger partial charge in [0.15, 0.2) is 0 Å². The summed E-state index contributed by atoms with van der Waals surface area (Å²) >= 11 is 5.84. The summed E-state index contributed by atoms with van der Waals surface area (Å²) in [4.78, 5) is 23.1. The van der Waals surface area contributed by atoms with Crippen molar-refractivity contribution in [1.82, 2.24) is 15.3 Å². The van der Waals surface area contributed by atoms with Gasteiger partial charge in [-0.05, 0) is 31.2 Å². The molecule has 0 spiro atoms. The third kappa shape index (κ3) is 4.01. The highest BCUT2D eigenvalue weighted by atomic mass is 35.5. The molecule has 1 aliphatic rings. The summed E-state index contributed by atoms with van der Waals surface area (Å²) in [5.41, 5.74) is 2.12. The molecule has 24 heavy (non-hydrogen) atoms. The molecule has 1 aliphatic heterocycles. The van der Waals surface area contributed by atoms with Gasteiger partial charge in [-0.25, -0.2) is 0 Å². The standard InChI is InChI=1S/C17H19ClN4O2/c1-12(15-3-2-13(18)11-20-15)21-17(23)16-10-14(4-5-19-16)22-6-8-24-9-7-22/h2-5,10-12H,6-9H2,1H3,(H,21,23)/t12-/m0/s1. The lowest BCUT2D eigenvalue weighted by Gasteiger charge is -2.28. The van der Waals surface area contributed by atoms with Crippen LogP contribution in [0.25, 0.3) is 0 Å². The van der Waals surface area contributed by atoms with Crippen LogP contribution in [0.15, 0.2) is 36.7 Å². The lowest BCUT2D eigenvalue weighted by Crippen LogP contribution is -2.36. The monoisotopic (exact) mass is 346 g/mol. The molecule has 3 heterocycles. The van der Waals surface area contributed by atoms with Gasteiger partial charge in [0.1, 0.15) is 5.69 Å². The molecule has 1 fully saturated rings. The van der Waals surface area contributed by atoms with Crippen LogP contribution in [0.5, 0.6) is 0 Å². The quantitative estimate of drug-likeness (QED) is 0.921. The summed E-state index contributed by atoms with van der Waals surface area (Å²) in [6, 6.07) is 7.03. The normalized spacial score (nSPS) is 15.8. The fourth-order valence-electron chi connectivity index (χ4n) is 2.55. The van der Waals surface area contributed by atoms with Crippen LogP contribution in [0.3, 0.4) is 0 Å². The second-order valence-electron chi connectivity index (χ2n) is 5.60. The van der Waals surface area contributed by atoms with Crippen LogP contribution in [-0.2, 0) is 4.74 Å². The Kier molecular flexibility index (Phi) is 5.27. The third-order valence-electron chi connectivity index (χ3n) is 3.89. The van der Waals surface area contributed by atoms with E-state index in [-0.39, 0.29) is 11.9 Å². The molecule has 0 radical (unpaired) electrons. The molecule has 2 aromatic rings. The van der Waals surface area contributed by atoms with E-state index in [0.717, 1.165) is 24.5 Å². The highest BCUT2D eigenvalue weighted by Gasteiger charge is 2.16. The minimum absolute atomic E-state index is 0.227. The largest absolute Gasteiger partial charge is 0.378 e. The number of halogens is 1. The number of aromatic nitrogens is 2. The molecule has 0 aliphatic carbocycles. The molecule has 0 saturated carbocycles. The maximum absolute atomic E-state index is 12.5. The summed E-state index contributed by atoms with van der Waals surface area (Å²) in [6.45, 7) is 4.90. The zero-order valence-corrected chi connectivity index (χ0v) is 14.2. The lowest BCUT2D eigenvalue weighted by molar-refractivity contribution is 0.0934. The Morgan fingerprint density at radius 1 is 1.29 bits per heavy atom. The van der Waals surface area contributed by atoms with Crippen molar-refractivity contribution in [1.29, 1.82) is 0 Å². The Labute approximate surface area is 145 Å². The first-order valence-electron chi connectivity index (χ1n) is 7.84. The van der Waals surface area contributed by atoms with Gasteiger partial charge in [-0.3, -0.25) is 14.8 Å². The van der Waals surface area contributed by atoms with Crippen molar-refractivity contribution in [3.8, 4) is 0 Å². The van der Waals surface area contributed by atoms with Gasteiger partial charge in [0.25, 0.3) is 5.91 Å². The van der Waals surface area contributed by atoms with Gasteiger partial charge in [0.05, 0.1) is 30.0 Å². The second-order valence-corrected chi connectivity index (χ2v) is 6.03. The van der Waals surface area contributed by atoms with Crippen LogP contribution >= 0.6 is 11.6 Å². The first-order chi connectivity index (χ1) is 11.6. The van der Waals surface area contributed by atoms with E-state index in [2.05, 4.69) is 20.2 Å². The number of ether oxygens (including phenoxy) is 1. The lowest BCUT2D eigenvalue weighted by atomic mass is 10.2. The molecule has 1 amide bonds. The molecular formula is C17H19ClN4O2. The summed E-state index contributed by atoms with van der Waals surface area (Å²) in [7, 11) is 0. The van der Waals surface area contributed by atoms with E-state index in [1.54, 1.807) is 24.5 Å². The Morgan fingerprint density at radius 3 is 2.79 bits per heavy atom. The molecule has 3 rings (SSSR count). The summed E-state index contributed by atoms with van der Waals surface area (Å²) < 4.78 is 5.36. The predicted octanol–water partition coefficient (Wildman–Crippen LogP) is 2.46. The summed E-state index contributed by atoms with van der Waals surface area (Å²) in [6.07, 6.45) is 3.22. The molecule has 1 saturated heterocycles. The van der Waals surface area contributed by atoms with E-state index in [1.807, 2.05) is 19.1 Å². The molecule has 2 aromatic heterocycles. The number of morpholine rings is 1. The van der Waals surface area contributed by atoms with E-state index in [0.29, 0.717) is 23.9 Å². The molecule has 0 bridgehead atoms. The van der Waals surface area contributed by atoms with E-state index < -0.39 is 0 Å². The van der Waals surface area contributed by atoms with Crippen LogP contribution in [-0.4, -0.2) is 42.2 Å². The van der Waals surface area contributed by atoms with Gasteiger partial charge in [-0.15, -0.1) is 0 Å². The molecule has 6 nitrogen and oxygen atoms in total. The highest BCUT2D eigenvalue weighted by Crippen LogP contribution is 2.17. The maximum Gasteiger partial charge on any atom is 0.270 e. The number of hydrogen-bond donors (Lipinski definition) is 1. The van der Waals surface area contributed by atoms with Crippen LogP contribution in [0.1, 0.15) is 29.1 Å². The van der Waals surface area contributed by atoms with E-state index in [1.165, 1.54) is 0 Å². The number of rotatable bonds is 4. The fraction of sp³-hybridized carbons (Fsp3) is 0.353. The van der Waals surface area contributed by atoms with Crippen LogP contribution < -0.4 is 10.2 Å². The van der Waals surface area contributed by atoms with Gasteiger partial charge in [0, 0.05) is 31.2 Å². The SMILES string of the molecule is C[C@H](NC(=O)c1cc(N2CCOCC2)ccn1)c1ccc(Cl)cn1. The fourth-order valence-corrected chi connectivity index (χ4v) is 2.66. The van der Waals surface area contributed by atoms with Gasteiger partial charge < -0.3 is 15.0 Å². The molecule has 1 atom stereocenters. The van der Waals surface area contributed by atoms with Crippen molar-refractivity contribution in [2.24, 2.45) is 0 Å². The molecule has 0 aromatic carbocycles. The Hall–Kier alpha value is -2.18. The average molecular weight is 347 g/mol. The first kappa shape index (κ1) is 16.7. The molecule has 1 N–H and O–H groups in total. The number of nitrogens with one attached hydrogen (secondary N) is 1. The number of pyridine rings is 2. The zero-order valence-electron chi connectivity index (χ0n) is 13.4. The number of nitrogens with zero attached hydrogens (tertiary/aromatic N) is 3. The van der Waals surface area contributed by atoms with Crippen molar-refractivity contribution in [3.05, 3.63) is 53.1 Å². The smallest absolute Gasteiger partial charge is 0.270 e. The van der Waals surface area contributed by atoms with Crippen LogP contribution in [0.2, 0.25) is 5.02 Å². The Morgan fingerprint density at radius 2 is 2.08 bits per heavy atom. The van der Waals surface area contributed by atoms with Crippen LogP contribution in [0.4, 0.5) is 5.69 Å². The predicted molar refractivity (Wildman–Crippen MR) is 92.4 cm³/mol. The third-order valence-corrected chi connectivity index (χ3v) is 4.12. The van der Waals surface area contributed by atoms with Crippen molar-refractivity contribution in [3.63, 3.8) is 0 Å². The first-order valence-corrected chi connectivity index (χ1v) is 8.22. The van der Waals surface area contributed by atoms with Crippen molar-refractivity contribution in [2.75, 3.05) is 31.2 Å². The van der Waals surface area contributed by atoms with E-state index in [4.69, 9.17) is 16.3 Å². The molecule has 126 valence electrons. The number of carbonyl (C=O) groups is 1. The number of amides is 1. The van der Waals surface area contributed by atoms with E-state index in [9.17, 15) is 4.79 Å². The molecule has 7 heteroatoms. The van der Waals surface area contributed by atoms with Crippen molar-refractivity contribution < 1.29 is 9.53 Å². The average Bonchev–Trinajstić information content (AvgIpc) is 2.63. The van der Waals surface area contributed by atoms with Gasteiger partial charge in [-0.2, -0.15) is 0 Å².